The van der Waals surface area contributed by atoms with Crippen molar-refractivity contribution in [2.45, 2.75) is 19.4 Å². The molecule has 6 heteroatoms. The largest absolute Gasteiger partial charge is 0.330 e. The Morgan fingerprint density at radius 3 is 2.94 bits per heavy atom. The summed E-state index contributed by atoms with van der Waals surface area (Å²) < 4.78 is 3.06. The lowest BCUT2D eigenvalue weighted by atomic mass is 10.2. The van der Waals surface area contributed by atoms with Gasteiger partial charge >= 0.3 is 0 Å². The molecule has 0 saturated carbocycles. The highest BCUT2D eigenvalue weighted by Crippen LogP contribution is 2.06. The van der Waals surface area contributed by atoms with Gasteiger partial charge in [-0.1, -0.05) is 0 Å². The van der Waals surface area contributed by atoms with Gasteiger partial charge in [0.25, 0.3) is 5.56 Å². The molecule has 17 heavy (non-hydrogen) atoms. The van der Waals surface area contributed by atoms with Gasteiger partial charge in [0.1, 0.15) is 0 Å². The molecule has 90 valence electrons. The summed E-state index contributed by atoms with van der Waals surface area (Å²) in [6.45, 7) is 2.45. The van der Waals surface area contributed by atoms with Gasteiger partial charge in [-0.05, 0) is 32.0 Å². The normalized spacial score (nSPS) is 12.6. The average molecular weight is 233 g/mol. The fraction of sp³-hybridized carbons (Fsp3) is 0.364. The van der Waals surface area contributed by atoms with Crippen molar-refractivity contribution in [3.8, 4) is 5.82 Å². The predicted molar refractivity (Wildman–Crippen MR) is 64.0 cm³/mol. The van der Waals surface area contributed by atoms with E-state index in [0.717, 1.165) is 6.42 Å². The van der Waals surface area contributed by atoms with Gasteiger partial charge in [0.05, 0.1) is 6.04 Å². The van der Waals surface area contributed by atoms with E-state index in [1.165, 1.54) is 10.7 Å². The molecular formula is C11H15N5O. The lowest BCUT2D eigenvalue weighted by Crippen LogP contribution is -2.27. The molecule has 1 atom stereocenters. The van der Waals surface area contributed by atoms with E-state index in [2.05, 4.69) is 10.2 Å². The fourth-order valence-electron chi connectivity index (χ4n) is 1.62. The van der Waals surface area contributed by atoms with Crippen molar-refractivity contribution < 1.29 is 0 Å². The van der Waals surface area contributed by atoms with Gasteiger partial charge in [-0.15, -0.1) is 5.10 Å². The van der Waals surface area contributed by atoms with Crippen LogP contribution >= 0.6 is 0 Å². The SMILES string of the molecule is C[C@@H](CCN)n1nc(-n2cccn2)ccc1=O. The van der Waals surface area contributed by atoms with Gasteiger partial charge in [0.15, 0.2) is 5.82 Å². The first-order valence-corrected chi connectivity index (χ1v) is 5.52. The molecule has 0 aromatic carbocycles. The van der Waals surface area contributed by atoms with E-state index in [0.29, 0.717) is 12.4 Å². The highest BCUT2D eigenvalue weighted by Gasteiger charge is 2.08. The average Bonchev–Trinajstić information content (AvgIpc) is 2.83. The molecule has 0 radical (unpaired) electrons. The zero-order chi connectivity index (χ0) is 12.3. The Balaban J connectivity index is 2.39. The van der Waals surface area contributed by atoms with Gasteiger partial charge in [-0.2, -0.15) is 5.10 Å². The molecule has 0 bridgehead atoms. The van der Waals surface area contributed by atoms with Crippen molar-refractivity contribution >= 4 is 0 Å². The summed E-state index contributed by atoms with van der Waals surface area (Å²) in [6, 6.07) is 4.95. The number of aromatic nitrogens is 4. The van der Waals surface area contributed by atoms with Crippen molar-refractivity contribution in [1.29, 1.82) is 0 Å². The number of nitrogens with zero attached hydrogens (tertiary/aromatic N) is 4. The van der Waals surface area contributed by atoms with E-state index in [-0.39, 0.29) is 11.6 Å². The predicted octanol–water partition coefficient (Wildman–Crippen LogP) is 0.339. The summed E-state index contributed by atoms with van der Waals surface area (Å²) in [5, 5.41) is 8.36. The van der Waals surface area contributed by atoms with Crippen LogP contribution in [0.25, 0.3) is 5.82 Å². The molecule has 2 aromatic heterocycles. The second-order valence-corrected chi connectivity index (χ2v) is 3.85. The minimum atomic E-state index is -0.123. The van der Waals surface area contributed by atoms with Crippen molar-refractivity contribution in [3.63, 3.8) is 0 Å². The molecule has 0 aliphatic heterocycles. The Labute approximate surface area is 98.7 Å². The molecule has 2 aromatic rings. The topological polar surface area (TPSA) is 78.7 Å². The van der Waals surface area contributed by atoms with Gasteiger partial charge in [0.2, 0.25) is 0 Å². The standard InChI is InChI=1S/C11H15N5O/c1-9(5-6-12)16-11(17)4-3-10(14-16)15-8-2-7-13-15/h2-4,7-9H,5-6,12H2,1H3/t9-/m0/s1. The Kier molecular flexibility index (Phi) is 3.34. The van der Waals surface area contributed by atoms with E-state index in [9.17, 15) is 4.79 Å². The molecule has 2 rings (SSSR count). The van der Waals surface area contributed by atoms with Crippen LogP contribution in [-0.2, 0) is 0 Å². The van der Waals surface area contributed by atoms with Crippen LogP contribution in [0.4, 0.5) is 0 Å². The zero-order valence-corrected chi connectivity index (χ0v) is 9.65. The molecule has 0 unspecified atom stereocenters. The molecule has 0 aliphatic rings. The lowest BCUT2D eigenvalue weighted by Gasteiger charge is -2.13. The molecular weight excluding hydrogens is 218 g/mol. The van der Waals surface area contributed by atoms with E-state index in [4.69, 9.17) is 5.73 Å². The zero-order valence-electron chi connectivity index (χ0n) is 9.65. The van der Waals surface area contributed by atoms with Gasteiger partial charge in [-0.25, -0.2) is 9.36 Å². The highest BCUT2D eigenvalue weighted by molar-refractivity contribution is 5.17. The van der Waals surface area contributed by atoms with E-state index >= 15 is 0 Å². The molecule has 2 N–H and O–H groups in total. The summed E-state index contributed by atoms with van der Waals surface area (Å²) in [6.07, 6.45) is 4.17. The smallest absolute Gasteiger partial charge is 0.267 e. The molecule has 0 saturated heterocycles. The number of hydrogen-bond acceptors (Lipinski definition) is 4. The first-order valence-electron chi connectivity index (χ1n) is 5.52. The summed E-state index contributed by atoms with van der Waals surface area (Å²) in [5.41, 5.74) is 5.37. The number of rotatable bonds is 4. The van der Waals surface area contributed by atoms with Crippen LogP contribution in [0.5, 0.6) is 0 Å². The molecule has 0 amide bonds. The van der Waals surface area contributed by atoms with Crippen LogP contribution in [0.2, 0.25) is 0 Å². The minimum Gasteiger partial charge on any atom is -0.330 e. The summed E-state index contributed by atoms with van der Waals surface area (Å²) >= 11 is 0. The summed E-state index contributed by atoms with van der Waals surface area (Å²) in [5.74, 6) is 0.624. The minimum absolute atomic E-state index is 0.0111. The third kappa shape index (κ3) is 2.42. The van der Waals surface area contributed by atoms with Crippen LogP contribution in [0.3, 0.4) is 0 Å². The Morgan fingerprint density at radius 1 is 1.47 bits per heavy atom. The molecule has 6 nitrogen and oxygen atoms in total. The van der Waals surface area contributed by atoms with Crippen molar-refractivity contribution in [3.05, 3.63) is 40.9 Å². The summed E-state index contributed by atoms with van der Waals surface area (Å²) in [7, 11) is 0. The third-order valence-electron chi connectivity index (χ3n) is 2.55. The monoisotopic (exact) mass is 233 g/mol. The third-order valence-corrected chi connectivity index (χ3v) is 2.55. The van der Waals surface area contributed by atoms with Crippen LogP contribution in [0.1, 0.15) is 19.4 Å². The first kappa shape index (κ1) is 11.5. The number of hydrogen-bond donors (Lipinski definition) is 1. The second kappa shape index (κ2) is 4.92. The second-order valence-electron chi connectivity index (χ2n) is 3.85. The maximum atomic E-state index is 11.7. The maximum Gasteiger partial charge on any atom is 0.267 e. The van der Waals surface area contributed by atoms with Crippen molar-refractivity contribution in [2.24, 2.45) is 5.73 Å². The molecule has 0 fully saturated rings. The van der Waals surface area contributed by atoms with Crippen LogP contribution in [-0.4, -0.2) is 26.1 Å². The van der Waals surface area contributed by atoms with Gasteiger partial charge < -0.3 is 5.73 Å². The van der Waals surface area contributed by atoms with E-state index in [1.54, 1.807) is 29.2 Å². The Hall–Kier alpha value is -1.95. The van der Waals surface area contributed by atoms with Gasteiger partial charge in [0, 0.05) is 18.5 Å². The van der Waals surface area contributed by atoms with Crippen molar-refractivity contribution in [2.75, 3.05) is 6.54 Å². The summed E-state index contributed by atoms with van der Waals surface area (Å²) in [4.78, 5) is 11.7. The van der Waals surface area contributed by atoms with Crippen LogP contribution < -0.4 is 11.3 Å². The lowest BCUT2D eigenvalue weighted by molar-refractivity contribution is 0.439. The Morgan fingerprint density at radius 2 is 2.29 bits per heavy atom. The molecule has 0 aliphatic carbocycles. The highest BCUT2D eigenvalue weighted by atomic mass is 16.1. The van der Waals surface area contributed by atoms with Crippen molar-refractivity contribution in [1.82, 2.24) is 19.6 Å². The van der Waals surface area contributed by atoms with Gasteiger partial charge in [-0.3, -0.25) is 4.79 Å². The number of nitrogens with two attached hydrogens (primary N) is 1. The van der Waals surface area contributed by atoms with Crippen LogP contribution in [0, 0.1) is 0 Å². The first-order chi connectivity index (χ1) is 8.22. The Bertz CT molecular complexity index is 531. The van der Waals surface area contributed by atoms with E-state index in [1.807, 2.05) is 6.92 Å². The molecule has 0 spiro atoms. The maximum absolute atomic E-state index is 11.7. The van der Waals surface area contributed by atoms with E-state index < -0.39 is 0 Å². The fourth-order valence-corrected chi connectivity index (χ4v) is 1.62. The van der Waals surface area contributed by atoms with Crippen LogP contribution in [0.15, 0.2) is 35.4 Å². The quantitative estimate of drug-likeness (QED) is 0.825. The molecule has 2 heterocycles.